The van der Waals surface area contributed by atoms with Crippen LogP contribution < -0.4 is 0 Å². The van der Waals surface area contributed by atoms with Crippen LogP contribution >= 0.6 is 56.7 Å². The van der Waals surface area contributed by atoms with Crippen LogP contribution in [0.15, 0.2) is 97.1 Å². The van der Waals surface area contributed by atoms with E-state index in [1.165, 1.54) is 95.0 Å². The maximum atomic E-state index is 2.36. The average Bonchev–Trinajstić information content (AvgIpc) is 3.93. The number of benzene rings is 2. The van der Waals surface area contributed by atoms with E-state index in [9.17, 15) is 0 Å². The van der Waals surface area contributed by atoms with Gasteiger partial charge in [-0.05, 0) is 113 Å². The third-order valence-corrected chi connectivity index (χ3v) is 16.0. The largest absolute Gasteiger partial charge is 0.134 e. The zero-order valence-corrected chi connectivity index (χ0v) is 34.5. The van der Waals surface area contributed by atoms with Gasteiger partial charge in [0.1, 0.15) is 0 Å². The lowest BCUT2D eigenvalue weighted by Gasteiger charge is -2.19. The summed E-state index contributed by atoms with van der Waals surface area (Å²) in [5.41, 5.74) is 8.70. The average molecular weight is 747 g/mol. The van der Waals surface area contributed by atoms with Gasteiger partial charge in [-0.15, -0.1) is 56.7 Å². The molecule has 0 amide bonds. The maximum Gasteiger partial charge on any atom is 0.0484 e. The molecule has 0 radical (unpaired) electrons. The number of unbranched alkanes of at least 4 members (excludes halogenated alkanes) is 1. The molecule has 0 unspecified atom stereocenters. The molecule has 256 valence electrons. The molecule has 0 bridgehead atoms. The minimum absolute atomic E-state index is 0.169. The molecule has 0 N–H and O–H groups in total. The monoisotopic (exact) mass is 746 g/mol. The van der Waals surface area contributed by atoms with Crippen molar-refractivity contribution in [2.75, 3.05) is 0 Å². The highest BCUT2D eigenvalue weighted by atomic mass is 32.1. The molecule has 5 heterocycles. The minimum Gasteiger partial charge on any atom is -0.134 e. The molecule has 50 heavy (non-hydrogen) atoms. The molecule has 0 aliphatic carbocycles. The molecule has 0 atom stereocenters. The highest BCUT2D eigenvalue weighted by Gasteiger charge is 2.21. The van der Waals surface area contributed by atoms with Crippen LogP contribution in [-0.2, 0) is 17.3 Å². The maximum absolute atomic E-state index is 2.36. The molecule has 0 saturated carbocycles. The SMILES string of the molecule is CCCCc1c(-c2ccc(-c3ccc(-c4ccc(C(C)(C)C)cc4)s3)s2)sc(-c2ccc(-c3ccc(-c4ccc(C(C)(C)C)cc4)s3)s2)c1C. The summed E-state index contributed by atoms with van der Waals surface area (Å²) >= 11 is 9.69. The summed E-state index contributed by atoms with van der Waals surface area (Å²) < 4.78 is 0. The van der Waals surface area contributed by atoms with Crippen molar-refractivity contribution in [3.63, 3.8) is 0 Å². The van der Waals surface area contributed by atoms with E-state index >= 15 is 0 Å². The number of hydrogen-bond donors (Lipinski definition) is 0. The number of thiophene rings is 5. The van der Waals surface area contributed by atoms with Gasteiger partial charge in [-0.3, -0.25) is 0 Å². The van der Waals surface area contributed by atoms with Gasteiger partial charge in [0, 0.05) is 48.8 Å². The van der Waals surface area contributed by atoms with Crippen LogP contribution in [0.25, 0.3) is 59.9 Å². The summed E-state index contributed by atoms with van der Waals surface area (Å²) in [4.78, 5) is 13.7. The van der Waals surface area contributed by atoms with Crippen LogP contribution in [0.5, 0.6) is 0 Å². The Balaban J connectivity index is 1.14. The van der Waals surface area contributed by atoms with Crippen molar-refractivity contribution in [1.29, 1.82) is 0 Å². The molecule has 7 aromatic rings. The minimum atomic E-state index is 0.169. The quantitative estimate of drug-likeness (QED) is 0.138. The Labute approximate surface area is 319 Å². The Morgan fingerprint density at radius 1 is 0.420 bits per heavy atom. The topological polar surface area (TPSA) is 0 Å². The zero-order chi connectivity index (χ0) is 35.2. The van der Waals surface area contributed by atoms with Crippen molar-refractivity contribution < 1.29 is 0 Å². The van der Waals surface area contributed by atoms with Crippen molar-refractivity contribution in [2.24, 2.45) is 0 Å². The van der Waals surface area contributed by atoms with E-state index < -0.39 is 0 Å². The number of rotatable bonds is 9. The van der Waals surface area contributed by atoms with Crippen LogP contribution in [0.2, 0.25) is 0 Å². The van der Waals surface area contributed by atoms with Gasteiger partial charge in [-0.2, -0.15) is 0 Å². The summed E-state index contributed by atoms with van der Waals surface area (Å²) in [5, 5.41) is 0. The van der Waals surface area contributed by atoms with Crippen LogP contribution in [0.3, 0.4) is 0 Å². The molecule has 2 aromatic carbocycles. The van der Waals surface area contributed by atoms with Gasteiger partial charge in [0.2, 0.25) is 0 Å². The Kier molecular flexibility index (Phi) is 10.0. The molecule has 0 fully saturated rings. The molecular formula is C45H46S5. The van der Waals surface area contributed by atoms with Crippen LogP contribution in [0.1, 0.15) is 83.6 Å². The highest BCUT2D eigenvalue weighted by Crippen LogP contribution is 2.50. The van der Waals surface area contributed by atoms with E-state index in [1.807, 2.05) is 56.7 Å². The van der Waals surface area contributed by atoms with E-state index in [0.717, 1.165) is 6.42 Å². The normalized spacial score (nSPS) is 12.2. The molecular weight excluding hydrogens is 701 g/mol. The van der Waals surface area contributed by atoms with Crippen molar-refractivity contribution in [3.8, 4) is 59.9 Å². The van der Waals surface area contributed by atoms with Gasteiger partial charge < -0.3 is 0 Å². The second-order valence-corrected chi connectivity index (χ2v) is 20.6. The second-order valence-electron chi connectivity index (χ2n) is 15.3. The van der Waals surface area contributed by atoms with E-state index in [0.29, 0.717) is 0 Å². The molecule has 0 saturated heterocycles. The molecule has 0 aliphatic rings. The van der Waals surface area contributed by atoms with E-state index in [4.69, 9.17) is 0 Å². The first-order chi connectivity index (χ1) is 23.9. The van der Waals surface area contributed by atoms with Crippen LogP contribution in [0.4, 0.5) is 0 Å². The summed E-state index contributed by atoms with van der Waals surface area (Å²) in [6, 6.07) is 36.8. The first kappa shape index (κ1) is 35.3. The van der Waals surface area contributed by atoms with Gasteiger partial charge in [-0.1, -0.05) is 103 Å². The van der Waals surface area contributed by atoms with Gasteiger partial charge in [0.25, 0.3) is 0 Å². The van der Waals surface area contributed by atoms with Crippen molar-refractivity contribution >= 4 is 56.7 Å². The predicted molar refractivity (Wildman–Crippen MR) is 229 cm³/mol. The first-order valence-corrected chi connectivity index (χ1v) is 21.7. The van der Waals surface area contributed by atoms with Gasteiger partial charge >= 0.3 is 0 Å². The second kappa shape index (κ2) is 14.2. The van der Waals surface area contributed by atoms with E-state index in [2.05, 4.69) is 152 Å². The summed E-state index contributed by atoms with van der Waals surface area (Å²) in [6.45, 7) is 18.3. The first-order valence-electron chi connectivity index (χ1n) is 17.6. The summed E-state index contributed by atoms with van der Waals surface area (Å²) in [6.07, 6.45) is 3.56. The lowest BCUT2D eigenvalue weighted by Crippen LogP contribution is -2.10. The lowest BCUT2D eigenvalue weighted by molar-refractivity contribution is 0.590. The standard InChI is InChI=1S/C45H46S5/c1-9-10-11-33-28(2)42(40-26-24-38(48-40)36-22-20-34(46-36)29-12-16-31(17-13-29)44(3,4)5)50-43(33)41-27-25-39(49-41)37-23-21-35(47-37)30-14-18-32(19-15-30)45(6,7)8/h12-27H,9-11H2,1-8H3. The molecule has 0 spiro atoms. The number of hydrogen-bond acceptors (Lipinski definition) is 5. The molecule has 0 nitrogen and oxygen atoms in total. The molecule has 7 rings (SSSR count). The van der Waals surface area contributed by atoms with Gasteiger partial charge in [0.15, 0.2) is 0 Å². The van der Waals surface area contributed by atoms with Crippen LogP contribution in [-0.4, -0.2) is 0 Å². The Morgan fingerprint density at radius 3 is 1.18 bits per heavy atom. The van der Waals surface area contributed by atoms with Crippen LogP contribution in [0, 0.1) is 6.92 Å². The molecule has 0 aliphatic heterocycles. The Hall–Kier alpha value is -3.06. The fraction of sp³-hybridized carbons (Fsp3) is 0.289. The Morgan fingerprint density at radius 2 is 0.780 bits per heavy atom. The van der Waals surface area contributed by atoms with Crippen molar-refractivity contribution in [1.82, 2.24) is 0 Å². The van der Waals surface area contributed by atoms with E-state index in [-0.39, 0.29) is 10.8 Å². The van der Waals surface area contributed by atoms with E-state index in [1.54, 1.807) is 0 Å². The Bertz CT molecular complexity index is 2210. The van der Waals surface area contributed by atoms with Crippen molar-refractivity contribution in [2.45, 2.75) is 85.5 Å². The van der Waals surface area contributed by atoms with Gasteiger partial charge in [-0.25, -0.2) is 0 Å². The van der Waals surface area contributed by atoms with Crippen molar-refractivity contribution in [3.05, 3.63) is 119 Å². The molecule has 5 heteroatoms. The highest BCUT2D eigenvalue weighted by molar-refractivity contribution is 7.30. The fourth-order valence-corrected chi connectivity index (χ4v) is 12.2. The summed E-state index contributed by atoms with van der Waals surface area (Å²) in [5.74, 6) is 0. The van der Waals surface area contributed by atoms with Gasteiger partial charge in [0.05, 0.1) is 0 Å². The summed E-state index contributed by atoms with van der Waals surface area (Å²) in [7, 11) is 0. The smallest absolute Gasteiger partial charge is 0.0484 e. The lowest BCUT2D eigenvalue weighted by atomic mass is 9.86. The fourth-order valence-electron chi connectivity index (χ4n) is 6.34. The zero-order valence-electron chi connectivity index (χ0n) is 30.4. The predicted octanol–water partition coefficient (Wildman–Crippen LogP) is 16.2. The third-order valence-electron chi connectivity index (χ3n) is 9.48. The molecule has 5 aromatic heterocycles. The third kappa shape index (κ3) is 7.31.